The fourth-order valence-electron chi connectivity index (χ4n) is 3.01. The minimum absolute atomic E-state index is 0.0654. The van der Waals surface area contributed by atoms with E-state index >= 15 is 0 Å². The van der Waals surface area contributed by atoms with Gasteiger partial charge in [0, 0.05) is 12.1 Å². The Morgan fingerprint density at radius 3 is 2.12 bits per heavy atom. The molecular formula is C24H21Cl2F3O3. The smallest absolute Gasteiger partial charge is 0.413 e. The Morgan fingerprint density at radius 1 is 0.812 bits per heavy atom. The van der Waals surface area contributed by atoms with E-state index in [0.29, 0.717) is 28.7 Å². The van der Waals surface area contributed by atoms with Crippen LogP contribution in [0.3, 0.4) is 0 Å². The number of hydrogen-bond acceptors (Lipinski definition) is 3. The van der Waals surface area contributed by atoms with Crippen LogP contribution in [0.2, 0.25) is 5.02 Å². The van der Waals surface area contributed by atoms with E-state index in [1.165, 1.54) is 19.2 Å². The van der Waals surface area contributed by atoms with Crippen LogP contribution in [0.4, 0.5) is 13.2 Å². The van der Waals surface area contributed by atoms with Gasteiger partial charge in [-0.25, -0.2) is 0 Å². The third-order valence-electron chi connectivity index (χ3n) is 4.69. The summed E-state index contributed by atoms with van der Waals surface area (Å²) < 4.78 is 57.7. The summed E-state index contributed by atoms with van der Waals surface area (Å²) in [5.41, 5.74) is 1.30. The predicted molar refractivity (Wildman–Crippen MR) is 118 cm³/mol. The summed E-state index contributed by atoms with van der Waals surface area (Å²) in [6.45, 7) is -0.513. The van der Waals surface area contributed by atoms with Crippen LogP contribution in [0.5, 0.6) is 11.5 Å². The van der Waals surface area contributed by atoms with Crippen LogP contribution in [-0.4, -0.2) is 19.9 Å². The molecule has 0 aliphatic carbocycles. The third kappa shape index (κ3) is 6.17. The fraction of sp³-hybridized carbons (Fsp3) is 0.250. The Labute approximate surface area is 194 Å². The topological polar surface area (TPSA) is 27.7 Å². The molecule has 0 heterocycles. The second kappa shape index (κ2) is 10.6. The maximum atomic E-state index is 13.8. The lowest BCUT2D eigenvalue weighted by Gasteiger charge is -2.30. The van der Waals surface area contributed by atoms with Crippen LogP contribution in [0.1, 0.15) is 16.7 Å². The van der Waals surface area contributed by atoms with Gasteiger partial charge < -0.3 is 14.2 Å². The lowest BCUT2D eigenvalue weighted by Crippen LogP contribution is -2.41. The largest absolute Gasteiger partial charge is 0.457 e. The number of halogens is 5. The van der Waals surface area contributed by atoms with Gasteiger partial charge in [0.15, 0.2) is 4.87 Å². The Kier molecular flexibility index (Phi) is 8.06. The Morgan fingerprint density at radius 2 is 1.50 bits per heavy atom. The molecule has 8 heteroatoms. The molecular weight excluding hydrogens is 464 g/mol. The molecule has 0 fully saturated rings. The molecule has 1 atom stereocenters. The Hall–Kier alpha value is -2.25. The zero-order valence-electron chi connectivity index (χ0n) is 17.2. The molecule has 0 bridgehead atoms. The van der Waals surface area contributed by atoms with E-state index in [9.17, 15) is 13.2 Å². The van der Waals surface area contributed by atoms with E-state index in [-0.39, 0.29) is 12.2 Å². The number of ether oxygens (including phenoxy) is 3. The van der Waals surface area contributed by atoms with Crippen molar-refractivity contribution in [3.63, 3.8) is 0 Å². The van der Waals surface area contributed by atoms with Crippen LogP contribution in [0.15, 0.2) is 72.8 Å². The van der Waals surface area contributed by atoms with Gasteiger partial charge in [0.2, 0.25) is 0 Å². The molecule has 32 heavy (non-hydrogen) atoms. The van der Waals surface area contributed by atoms with Crippen molar-refractivity contribution in [3.8, 4) is 11.5 Å². The molecule has 3 aromatic rings. The zero-order valence-corrected chi connectivity index (χ0v) is 18.7. The van der Waals surface area contributed by atoms with Gasteiger partial charge in [-0.05, 0) is 53.1 Å². The first-order chi connectivity index (χ1) is 15.2. The molecule has 170 valence electrons. The van der Waals surface area contributed by atoms with Crippen LogP contribution >= 0.6 is 23.2 Å². The first-order valence-corrected chi connectivity index (χ1v) is 10.4. The van der Waals surface area contributed by atoms with Crippen molar-refractivity contribution in [1.29, 1.82) is 0 Å². The highest BCUT2D eigenvalue weighted by atomic mass is 35.5. The van der Waals surface area contributed by atoms with Gasteiger partial charge in [0.05, 0.1) is 19.8 Å². The summed E-state index contributed by atoms with van der Waals surface area (Å²) in [6.07, 6.45) is -4.71. The Balaban J connectivity index is 1.67. The van der Waals surface area contributed by atoms with Crippen LogP contribution < -0.4 is 4.74 Å². The molecule has 0 aliphatic rings. The molecule has 1 unspecified atom stereocenters. The SMILES string of the molecule is COCc1ccc(C(Cl)(COCc2cccc(Oc3ccc(Cl)cc3)c2)C(F)(F)F)cc1. The summed E-state index contributed by atoms with van der Waals surface area (Å²) in [5, 5.41) is 0.585. The van der Waals surface area contributed by atoms with Crippen molar-refractivity contribution >= 4 is 23.2 Å². The highest BCUT2D eigenvalue weighted by Crippen LogP contribution is 2.45. The van der Waals surface area contributed by atoms with Gasteiger partial charge in [-0.2, -0.15) is 13.2 Å². The quantitative estimate of drug-likeness (QED) is 0.294. The van der Waals surface area contributed by atoms with E-state index < -0.39 is 17.7 Å². The lowest BCUT2D eigenvalue weighted by molar-refractivity contribution is -0.179. The first-order valence-electron chi connectivity index (χ1n) is 9.65. The Bertz CT molecular complexity index is 1010. The molecule has 0 N–H and O–H groups in total. The summed E-state index contributed by atoms with van der Waals surface area (Å²) in [5.74, 6) is 1.11. The number of alkyl halides is 4. The normalized spacial score (nSPS) is 13.6. The number of methoxy groups -OCH3 is 1. The van der Waals surface area contributed by atoms with Crippen molar-refractivity contribution in [1.82, 2.24) is 0 Å². The van der Waals surface area contributed by atoms with Gasteiger partial charge in [-0.3, -0.25) is 0 Å². The summed E-state index contributed by atoms with van der Waals surface area (Å²) in [4.78, 5) is -2.67. The van der Waals surface area contributed by atoms with Gasteiger partial charge in [-0.15, -0.1) is 11.6 Å². The first kappa shape index (κ1) is 24.4. The van der Waals surface area contributed by atoms with Crippen molar-refractivity contribution in [2.75, 3.05) is 13.7 Å². The minimum atomic E-state index is -4.71. The second-order valence-electron chi connectivity index (χ2n) is 7.13. The van der Waals surface area contributed by atoms with Gasteiger partial charge in [0.1, 0.15) is 11.5 Å². The maximum Gasteiger partial charge on any atom is 0.413 e. The van der Waals surface area contributed by atoms with E-state index in [4.69, 9.17) is 37.4 Å². The zero-order chi connectivity index (χ0) is 23.2. The highest BCUT2D eigenvalue weighted by Gasteiger charge is 2.55. The van der Waals surface area contributed by atoms with Crippen molar-refractivity contribution in [3.05, 3.63) is 94.5 Å². The average molecular weight is 485 g/mol. The van der Waals surface area contributed by atoms with Gasteiger partial charge >= 0.3 is 6.18 Å². The standard InChI is InChI=1S/C24H21Cl2F3O3/c1-30-14-17-5-7-19(8-6-17)23(26,24(27,28)29)16-31-15-18-3-2-4-22(13-18)32-21-11-9-20(25)10-12-21/h2-13H,14-16H2,1H3. The molecule has 0 radical (unpaired) electrons. The van der Waals surface area contributed by atoms with E-state index in [0.717, 1.165) is 5.56 Å². The van der Waals surface area contributed by atoms with Crippen LogP contribution in [-0.2, 0) is 27.6 Å². The van der Waals surface area contributed by atoms with Gasteiger partial charge in [0.25, 0.3) is 0 Å². The molecule has 0 amide bonds. The molecule has 3 aromatic carbocycles. The molecule has 0 saturated heterocycles. The highest BCUT2D eigenvalue weighted by molar-refractivity contribution is 6.30. The average Bonchev–Trinajstić information content (AvgIpc) is 2.75. The van der Waals surface area contributed by atoms with Gasteiger partial charge in [-0.1, -0.05) is 48.0 Å². The summed E-state index contributed by atoms with van der Waals surface area (Å²) in [7, 11) is 1.51. The fourth-order valence-corrected chi connectivity index (χ4v) is 3.34. The molecule has 0 aromatic heterocycles. The number of rotatable bonds is 9. The molecule has 0 spiro atoms. The van der Waals surface area contributed by atoms with E-state index in [2.05, 4.69) is 0 Å². The minimum Gasteiger partial charge on any atom is -0.457 e. The third-order valence-corrected chi connectivity index (χ3v) is 5.48. The maximum absolute atomic E-state index is 13.8. The molecule has 3 nitrogen and oxygen atoms in total. The molecule has 0 aliphatic heterocycles. The summed E-state index contributed by atoms with van der Waals surface area (Å²) in [6, 6.07) is 19.5. The van der Waals surface area contributed by atoms with Crippen molar-refractivity contribution in [2.45, 2.75) is 24.3 Å². The van der Waals surface area contributed by atoms with Crippen molar-refractivity contribution < 1.29 is 27.4 Å². The van der Waals surface area contributed by atoms with Crippen LogP contribution in [0.25, 0.3) is 0 Å². The second-order valence-corrected chi connectivity index (χ2v) is 8.21. The number of hydrogen-bond donors (Lipinski definition) is 0. The number of benzene rings is 3. The van der Waals surface area contributed by atoms with Crippen molar-refractivity contribution in [2.24, 2.45) is 0 Å². The van der Waals surface area contributed by atoms with Crippen LogP contribution in [0, 0.1) is 0 Å². The van der Waals surface area contributed by atoms with E-state index in [1.54, 1.807) is 60.7 Å². The monoisotopic (exact) mass is 484 g/mol. The molecule has 3 rings (SSSR count). The predicted octanol–water partition coefficient (Wildman–Crippen LogP) is 7.49. The summed E-state index contributed by atoms with van der Waals surface area (Å²) >= 11 is 11.9. The lowest BCUT2D eigenvalue weighted by atomic mass is 9.97. The molecule has 0 saturated carbocycles. The van der Waals surface area contributed by atoms with E-state index in [1.807, 2.05) is 0 Å².